The average Bonchev–Trinajstić information content (AvgIpc) is 2.38. The molecule has 5 heteroatoms. The fraction of sp³-hybridized carbons (Fsp3) is 0.789. The number of esters is 2. The first-order chi connectivity index (χ1) is 10.6. The summed E-state index contributed by atoms with van der Waals surface area (Å²) in [5.74, 6) is -0.928. The maximum Gasteiger partial charge on any atom is 0.333 e. The van der Waals surface area contributed by atoms with Gasteiger partial charge in [-0.2, -0.15) is 0 Å². The Morgan fingerprint density at radius 1 is 1.00 bits per heavy atom. The molecule has 5 nitrogen and oxygen atoms in total. The van der Waals surface area contributed by atoms with Crippen LogP contribution in [0.1, 0.15) is 61.8 Å². The van der Waals surface area contributed by atoms with E-state index >= 15 is 0 Å². The van der Waals surface area contributed by atoms with Gasteiger partial charge >= 0.3 is 11.9 Å². The lowest BCUT2D eigenvalue weighted by Crippen LogP contribution is -2.45. The number of carbonyl (C=O) groups is 2. The number of rotatable bonds is 7. The van der Waals surface area contributed by atoms with Crippen LogP contribution in [0, 0.1) is 16.2 Å². The molecule has 0 aromatic carbocycles. The first-order valence-corrected chi connectivity index (χ1v) is 8.28. The molecule has 0 saturated heterocycles. The summed E-state index contributed by atoms with van der Waals surface area (Å²) < 4.78 is 10.2. The molecule has 0 aliphatic rings. The molecule has 0 saturated carbocycles. The van der Waals surface area contributed by atoms with E-state index in [0.29, 0.717) is 6.42 Å². The molecule has 0 fully saturated rings. The zero-order valence-electron chi connectivity index (χ0n) is 16.5. The third-order valence-corrected chi connectivity index (χ3v) is 4.15. The number of carbonyl (C=O) groups excluding carboxylic acids is 2. The van der Waals surface area contributed by atoms with Gasteiger partial charge in [0.05, 0.1) is 5.41 Å². The third kappa shape index (κ3) is 7.04. The van der Waals surface area contributed by atoms with Crippen LogP contribution in [0.4, 0.5) is 0 Å². The van der Waals surface area contributed by atoms with Gasteiger partial charge in [0.1, 0.15) is 19.3 Å². The Kier molecular flexibility index (Phi) is 7.68. The molecule has 0 spiro atoms. The molecule has 24 heavy (non-hydrogen) atoms. The van der Waals surface area contributed by atoms with Gasteiger partial charge in [-0.3, -0.25) is 4.79 Å². The fourth-order valence-corrected chi connectivity index (χ4v) is 2.38. The zero-order valence-corrected chi connectivity index (χ0v) is 16.5. The molecule has 0 radical (unpaired) electrons. The van der Waals surface area contributed by atoms with Gasteiger partial charge in [0, 0.05) is 5.57 Å². The van der Waals surface area contributed by atoms with Crippen LogP contribution in [0.3, 0.4) is 0 Å². The standard InChI is InChI=1S/C19H34O5/c1-13(2)15(21)23-10-14(20)11-24-16(22)19(9,18(6,7)8)12-17(3,4)5/h14,20H,1,10-12H2,2-9H3. The van der Waals surface area contributed by atoms with Crippen LogP contribution in [0.2, 0.25) is 0 Å². The Bertz CT molecular complexity index is 467. The smallest absolute Gasteiger partial charge is 0.333 e. The highest BCUT2D eigenvalue weighted by atomic mass is 16.6. The van der Waals surface area contributed by atoms with Crippen molar-refractivity contribution in [2.45, 2.75) is 67.9 Å². The largest absolute Gasteiger partial charge is 0.462 e. The second-order valence-corrected chi connectivity index (χ2v) is 8.95. The van der Waals surface area contributed by atoms with E-state index in [0.717, 1.165) is 0 Å². The number of aliphatic hydroxyl groups is 1. The van der Waals surface area contributed by atoms with Gasteiger partial charge < -0.3 is 14.6 Å². The third-order valence-electron chi connectivity index (χ3n) is 4.15. The van der Waals surface area contributed by atoms with Crippen LogP contribution in [0.25, 0.3) is 0 Å². The van der Waals surface area contributed by atoms with Crippen molar-refractivity contribution in [3.8, 4) is 0 Å². The van der Waals surface area contributed by atoms with Gasteiger partial charge in [-0.25, -0.2) is 4.79 Å². The molecule has 0 bridgehead atoms. The molecule has 0 heterocycles. The Labute approximate surface area is 146 Å². The number of hydrogen-bond acceptors (Lipinski definition) is 5. The molecular formula is C19H34O5. The van der Waals surface area contributed by atoms with Crippen molar-refractivity contribution >= 4 is 11.9 Å². The predicted molar refractivity (Wildman–Crippen MR) is 94.4 cm³/mol. The van der Waals surface area contributed by atoms with Crippen LogP contribution in [-0.4, -0.2) is 36.4 Å². The SMILES string of the molecule is C=C(C)C(=O)OCC(O)COC(=O)C(C)(CC(C)(C)C)C(C)(C)C. The number of ether oxygens (including phenoxy) is 2. The van der Waals surface area contributed by atoms with E-state index in [9.17, 15) is 14.7 Å². The summed E-state index contributed by atoms with van der Waals surface area (Å²) in [6.45, 7) is 18.7. The average molecular weight is 342 g/mol. The lowest BCUT2D eigenvalue weighted by Gasteiger charge is -2.43. The quantitative estimate of drug-likeness (QED) is 0.566. The molecule has 0 amide bonds. The summed E-state index contributed by atoms with van der Waals surface area (Å²) in [4.78, 5) is 24.0. The van der Waals surface area contributed by atoms with Crippen molar-refractivity contribution in [1.82, 2.24) is 0 Å². The van der Waals surface area contributed by atoms with E-state index in [2.05, 4.69) is 27.4 Å². The molecule has 0 aromatic rings. The topological polar surface area (TPSA) is 72.8 Å². The van der Waals surface area contributed by atoms with Crippen LogP contribution >= 0.6 is 0 Å². The first-order valence-electron chi connectivity index (χ1n) is 8.28. The number of aliphatic hydroxyl groups excluding tert-OH is 1. The summed E-state index contributed by atoms with van der Waals surface area (Å²) in [5.41, 5.74) is -0.783. The van der Waals surface area contributed by atoms with E-state index in [1.54, 1.807) is 0 Å². The van der Waals surface area contributed by atoms with Crippen molar-refractivity contribution in [2.24, 2.45) is 16.2 Å². The monoisotopic (exact) mass is 342 g/mol. The van der Waals surface area contributed by atoms with Crippen molar-refractivity contribution in [1.29, 1.82) is 0 Å². The molecule has 0 rings (SSSR count). The van der Waals surface area contributed by atoms with Gasteiger partial charge in [0.2, 0.25) is 0 Å². The Morgan fingerprint density at radius 2 is 1.46 bits per heavy atom. The molecule has 0 aliphatic carbocycles. The van der Waals surface area contributed by atoms with E-state index in [1.807, 2.05) is 27.7 Å². The minimum Gasteiger partial charge on any atom is -0.462 e. The van der Waals surface area contributed by atoms with Crippen LogP contribution in [-0.2, 0) is 19.1 Å². The lowest BCUT2D eigenvalue weighted by atomic mass is 9.61. The minimum absolute atomic E-state index is 0.0450. The Morgan fingerprint density at radius 3 is 1.83 bits per heavy atom. The van der Waals surface area contributed by atoms with E-state index in [-0.39, 0.29) is 35.6 Å². The second kappa shape index (κ2) is 8.15. The molecule has 0 aromatic heterocycles. The highest BCUT2D eigenvalue weighted by Gasteiger charge is 2.47. The highest BCUT2D eigenvalue weighted by Crippen LogP contribution is 2.47. The summed E-state index contributed by atoms with van der Waals surface area (Å²) in [6, 6.07) is 0. The van der Waals surface area contributed by atoms with E-state index in [4.69, 9.17) is 9.47 Å². The molecule has 0 aliphatic heterocycles. The molecule has 1 N–H and O–H groups in total. The number of hydrogen-bond donors (Lipinski definition) is 1. The molecular weight excluding hydrogens is 308 g/mol. The molecule has 140 valence electrons. The second-order valence-electron chi connectivity index (χ2n) is 8.95. The predicted octanol–water partition coefficient (Wildman–Crippen LogP) is 3.50. The lowest BCUT2D eigenvalue weighted by molar-refractivity contribution is -0.169. The van der Waals surface area contributed by atoms with Crippen LogP contribution < -0.4 is 0 Å². The van der Waals surface area contributed by atoms with Gasteiger partial charge in [-0.1, -0.05) is 48.1 Å². The van der Waals surface area contributed by atoms with Crippen molar-refractivity contribution in [2.75, 3.05) is 13.2 Å². The Balaban J connectivity index is 4.80. The van der Waals surface area contributed by atoms with Gasteiger partial charge in [0.15, 0.2) is 0 Å². The van der Waals surface area contributed by atoms with Crippen molar-refractivity contribution in [3.63, 3.8) is 0 Å². The van der Waals surface area contributed by atoms with Crippen LogP contribution in [0.15, 0.2) is 12.2 Å². The summed E-state index contributed by atoms with van der Waals surface area (Å²) in [7, 11) is 0. The van der Waals surface area contributed by atoms with Gasteiger partial charge in [-0.15, -0.1) is 0 Å². The normalized spacial score (nSPS) is 16.0. The van der Waals surface area contributed by atoms with Gasteiger partial charge in [0.25, 0.3) is 0 Å². The van der Waals surface area contributed by atoms with Crippen molar-refractivity contribution in [3.05, 3.63) is 12.2 Å². The Hall–Kier alpha value is -1.36. The minimum atomic E-state index is -1.06. The maximum atomic E-state index is 12.7. The van der Waals surface area contributed by atoms with Crippen LogP contribution in [0.5, 0.6) is 0 Å². The van der Waals surface area contributed by atoms with E-state index in [1.165, 1.54) is 6.92 Å². The summed E-state index contributed by atoms with van der Waals surface area (Å²) >= 11 is 0. The van der Waals surface area contributed by atoms with Crippen molar-refractivity contribution < 1.29 is 24.2 Å². The fourth-order valence-electron chi connectivity index (χ4n) is 2.38. The summed E-state index contributed by atoms with van der Waals surface area (Å²) in [6.07, 6.45) is -0.403. The highest BCUT2D eigenvalue weighted by molar-refractivity contribution is 5.86. The summed E-state index contributed by atoms with van der Waals surface area (Å²) in [5, 5.41) is 9.85. The first kappa shape index (κ1) is 22.6. The molecule has 2 unspecified atom stereocenters. The zero-order chi connectivity index (χ0) is 19.3. The maximum absolute atomic E-state index is 12.7. The molecule has 2 atom stereocenters. The van der Waals surface area contributed by atoms with Gasteiger partial charge in [-0.05, 0) is 31.1 Å². The van der Waals surface area contributed by atoms with E-state index < -0.39 is 17.5 Å².